The number of aliphatic hydroxyl groups is 1. The quantitative estimate of drug-likeness (QED) is 0.825. The number of nitrogens with zero attached hydrogens (tertiary/aromatic N) is 2. The highest BCUT2D eigenvalue weighted by Crippen LogP contribution is 2.17. The second-order valence-corrected chi connectivity index (χ2v) is 4.01. The molecule has 0 radical (unpaired) electrons. The lowest BCUT2D eigenvalue weighted by Crippen LogP contribution is -2.31. The van der Waals surface area contributed by atoms with Gasteiger partial charge < -0.3 is 10.0 Å². The predicted octanol–water partition coefficient (Wildman–Crippen LogP) is 2.37. The predicted molar refractivity (Wildman–Crippen MR) is 63.0 cm³/mol. The van der Waals surface area contributed by atoms with E-state index in [2.05, 4.69) is 30.7 Å². The maximum atomic E-state index is 9.37. The van der Waals surface area contributed by atoms with Crippen molar-refractivity contribution in [2.75, 3.05) is 11.4 Å². The van der Waals surface area contributed by atoms with Crippen LogP contribution in [0.4, 0.5) is 5.82 Å². The molecule has 0 fully saturated rings. The van der Waals surface area contributed by atoms with Gasteiger partial charge in [0.15, 0.2) is 0 Å². The van der Waals surface area contributed by atoms with Crippen LogP contribution in [0.2, 0.25) is 0 Å². The molecule has 15 heavy (non-hydrogen) atoms. The second-order valence-electron chi connectivity index (χ2n) is 4.01. The van der Waals surface area contributed by atoms with E-state index in [0.717, 1.165) is 17.9 Å². The van der Waals surface area contributed by atoms with Gasteiger partial charge in [-0.3, -0.25) is 0 Å². The Balaban J connectivity index is 2.87. The van der Waals surface area contributed by atoms with Crippen LogP contribution < -0.4 is 4.90 Å². The summed E-state index contributed by atoms with van der Waals surface area (Å²) in [6, 6.07) is 4.34. The van der Waals surface area contributed by atoms with Crippen LogP contribution >= 0.6 is 0 Å². The molecule has 0 aliphatic heterocycles. The van der Waals surface area contributed by atoms with Gasteiger partial charge in [0.1, 0.15) is 5.82 Å². The Bertz CT molecular complexity index is 293. The molecule has 0 spiro atoms. The highest BCUT2D eigenvalue weighted by molar-refractivity contribution is 5.40. The topological polar surface area (TPSA) is 36.4 Å². The molecule has 1 rings (SSSR count). The minimum absolute atomic E-state index is 0.444. The Morgan fingerprint density at radius 3 is 2.33 bits per heavy atom. The third-order valence-electron chi connectivity index (χ3n) is 2.51. The van der Waals surface area contributed by atoms with Crippen LogP contribution in [-0.4, -0.2) is 22.7 Å². The van der Waals surface area contributed by atoms with E-state index in [1.54, 1.807) is 13.1 Å². The molecule has 0 bridgehead atoms. The van der Waals surface area contributed by atoms with Crippen molar-refractivity contribution >= 4 is 5.82 Å². The Labute approximate surface area is 91.8 Å². The van der Waals surface area contributed by atoms with Gasteiger partial charge in [-0.05, 0) is 39.3 Å². The summed E-state index contributed by atoms with van der Waals surface area (Å²) in [6.45, 7) is 9.10. The molecule has 3 heteroatoms. The summed E-state index contributed by atoms with van der Waals surface area (Å²) >= 11 is 0. The van der Waals surface area contributed by atoms with E-state index in [1.807, 2.05) is 12.1 Å². The van der Waals surface area contributed by atoms with Crippen molar-refractivity contribution in [2.45, 2.75) is 39.8 Å². The van der Waals surface area contributed by atoms with Gasteiger partial charge in [-0.1, -0.05) is 6.07 Å². The van der Waals surface area contributed by atoms with Gasteiger partial charge in [0.25, 0.3) is 0 Å². The van der Waals surface area contributed by atoms with E-state index in [-0.39, 0.29) is 0 Å². The first-order chi connectivity index (χ1) is 7.06. The summed E-state index contributed by atoms with van der Waals surface area (Å²) in [4.78, 5) is 6.57. The summed E-state index contributed by atoms with van der Waals surface area (Å²) in [5, 5.41) is 9.37. The molecule has 0 unspecified atom stereocenters. The molecule has 1 N–H and O–H groups in total. The molecule has 1 aromatic rings. The first-order valence-electron chi connectivity index (χ1n) is 5.47. The lowest BCUT2D eigenvalue weighted by Gasteiger charge is -2.26. The molecular formula is C12H20N2O. The maximum Gasteiger partial charge on any atom is 0.128 e. The maximum absolute atomic E-state index is 9.37. The summed E-state index contributed by atoms with van der Waals surface area (Å²) in [7, 11) is 0. The summed E-state index contributed by atoms with van der Waals surface area (Å²) in [5.74, 6) is 0.969. The fourth-order valence-electron chi connectivity index (χ4n) is 1.61. The second kappa shape index (κ2) is 5.12. The molecule has 0 saturated heterocycles. The zero-order valence-corrected chi connectivity index (χ0v) is 9.94. The van der Waals surface area contributed by atoms with Gasteiger partial charge in [-0.2, -0.15) is 0 Å². The van der Waals surface area contributed by atoms with Crippen molar-refractivity contribution in [3.05, 3.63) is 23.9 Å². The highest BCUT2D eigenvalue weighted by Gasteiger charge is 2.09. The van der Waals surface area contributed by atoms with Crippen LogP contribution in [0.15, 0.2) is 18.3 Å². The minimum atomic E-state index is -0.444. The average molecular weight is 208 g/mol. The van der Waals surface area contributed by atoms with Crippen LogP contribution in [0.3, 0.4) is 0 Å². The van der Waals surface area contributed by atoms with Gasteiger partial charge in [0.2, 0.25) is 0 Å². The van der Waals surface area contributed by atoms with Crippen LogP contribution in [0.1, 0.15) is 39.4 Å². The van der Waals surface area contributed by atoms with Crippen molar-refractivity contribution in [3.63, 3.8) is 0 Å². The minimum Gasteiger partial charge on any atom is -0.389 e. The van der Waals surface area contributed by atoms with Crippen molar-refractivity contribution in [2.24, 2.45) is 0 Å². The molecule has 84 valence electrons. The normalized spacial score (nSPS) is 12.9. The average Bonchev–Trinajstić information content (AvgIpc) is 2.19. The first-order valence-corrected chi connectivity index (χ1v) is 5.47. The summed E-state index contributed by atoms with van der Waals surface area (Å²) in [5.41, 5.74) is 0.860. The zero-order valence-electron chi connectivity index (χ0n) is 9.94. The Morgan fingerprint density at radius 2 is 2.00 bits per heavy atom. The third-order valence-corrected chi connectivity index (χ3v) is 2.51. The molecule has 1 heterocycles. The van der Waals surface area contributed by atoms with Crippen LogP contribution in [0.25, 0.3) is 0 Å². The third kappa shape index (κ3) is 2.93. The van der Waals surface area contributed by atoms with Gasteiger partial charge in [-0.25, -0.2) is 4.98 Å². The van der Waals surface area contributed by atoms with E-state index >= 15 is 0 Å². The fraction of sp³-hybridized carbons (Fsp3) is 0.583. The van der Waals surface area contributed by atoms with Crippen molar-refractivity contribution in [3.8, 4) is 0 Å². The van der Waals surface area contributed by atoms with E-state index in [0.29, 0.717) is 6.04 Å². The Hall–Kier alpha value is -1.09. The van der Waals surface area contributed by atoms with Gasteiger partial charge in [0.05, 0.1) is 6.10 Å². The smallest absolute Gasteiger partial charge is 0.128 e. The van der Waals surface area contributed by atoms with Crippen molar-refractivity contribution in [1.82, 2.24) is 4.98 Å². The van der Waals surface area contributed by atoms with Gasteiger partial charge in [0, 0.05) is 18.8 Å². The number of hydrogen-bond acceptors (Lipinski definition) is 3. The first kappa shape index (κ1) is 12.0. The molecule has 0 aliphatic rings. The molecule has 0 aromatic carbocycles. The number of anilines is 1. The largest absolute Gasteiger partial charge is 0.389 e. The molecule has 0 amide bonds. The summed E-state index contributed by atoms with van der Waals surface area (Å²) < 4.78 is 0. The molecule has 1 aromatic heterocycles. The van der Waals surface area contributed by atoms with E-state index in [9.17, 15) is 5.11 Å². The monoisotopic (exact) mass is 208 g/mol. The standard InChI is InChI=1S/C12H20N2O/c1-5-14(9(2)3)12-7-6-11(8-13-12)10(4)15/h6-10,15H,5H2,1-4H3/t10-/m1/s1. The van der Waals surface area contributed by atoms with E-state index in [1.165, 1.54) is 0 Å². The van der Waals surface area contributed by atoms with Crippen LogP contribution in [0, 0.1) is 0 Å². The molecule has 0 aliphatic carbocycles. The van der Waals surface area contributed by atoms with E-state index in [4.69, 9.17) is 0 Å². The fourth-order valence-corrected chi connectivity index (χ4v) is 1.61. The van der Waals surface area contributed by atoms with Gasteiger partial charge >= 0.3 is 0 Å². The van der Waals surface area contributed by atoms with Crippen LogP contribution in [-0.2, 0) is 0 Å². The summed E-state index contributed by atoms with van der Waals surface area (Å²) in [6.07, 6.45) is 1.30. The Kier molecular flexibility index (Phi) is 4.09. The number of aliphatic hydroxyl groups excluding tert-OH is 1. The Morgan fingerprint density at radius 1 is 1.33 bits per heavy atom. The lowest BCUT2D eigenvalue weighted by atomic mass is 10.2. The van der Waals surface area contributed by atoms with Crippen LogP contribution in [0.5, 0.6) is 0 Å². The lowest BCUT2D eigenvalue weighted by molar-refractivity contribution is 0.199. The zero-order chi connectivity index (χ0) is 11.4. The molecular weight excluding hydrogens is 188 g/mol. The molecule has 1 atom stereocenters. The molecule has 0 saturated carbocycles. The number of pyridine rings is 1. The number of rotatable bonds is 4. The highest BCUT2D eigenvalue weighted by atomic mass is 16.3. The number of aromatic nitrogens is 1. The van der Waals surface area contributed by atoms with Gasteiger partial charge in [-0.15, -0.1) is 0 Å². The van der Waals surface area contributed by atoms with E-state index < -0.39 is 6.10 Å². The number of hydrogen-bond donors (Lipinski definition) is 1. The van der Waals surface area contributed by atoms with Crippen molar-refractivity contribution < 1.29 is 5.11 Å². The van der Waals surface area contributed by atoms with Crippen molar-refractivity contribution in [1.29, 1.82) is 0 Å². The molecule has 3 nitrogen and oxygen atoms in total. The SMILES string of the molecule is CCN(c1ccc([C@@H](C)O)cn1)C(C)C.